The Labute approximate surface area is 206 Å². The number of carbonyl (C=O) groups is 4. The SMILES string of the molecule is O=C(OCC(=O)c1cccs1)c1ccc(N2C(=O)[C@@H]3[C@@H]4C[C@@H]([C@H]3C2=O)[C@@H](c2ccccc2)C4)cc1. The molecule has 2 heterocycles. The molecule has 176 valence electrons. The van der Waals surface area contributed by atoms with Crippen LogP contribution in [-0.2, 0) is 14.3 Å². The summed E-state index contributed by atoms with van der Waals surface area (Å²) in [5, 5.41) is 1.79. The first-order valence-corrected chi connectivity index (χ1v) is 12.7. The van der Waals surface area contributed by atoms with Gasteiger partial charge in [0.25, 0.3) is 0 Å². The Balaban J connectivity index is 1.16. The van der Waals surface area contributed by atoms with Gasteiger partial charge in [0.1, 0.15) is 0 Å². The number of ketones is 1. The average molecular weight is 486 g/mol. The van der Waals surface area contributed by atoms with E-state index in [1.807, 2.05) is 18.2 Å². The van der Waals surface area contributed by atoms with Gasteiger partial charge in [-0.2, -0.15) is 0 Å². The Hall–Kier alpha value is -3.58. The van der Waals surface area contributed by atoms with Crippen molar-refractivity contribution < 1.29 is 23.9 Å². The highest BCUT2D eigenvalue weighted by molar-refractivity contribution is 7.12. The monoisotopic (exact) mass is 485 g/mol. The van der Waals surface area contributed by atoms with E-state index in [0.29, 0.717) is 16.5 Å². The number of nitrogens with zero attached hydrogens (tertiary/aromatic N) is 1. The standard InChI is InChI=1S/C28H23NO5S/c30-22(23-7-4-12-35-23)15-34-28(33)17-8-10-19(11-9-17)29-26(31)24-18-13-20(16-5-2-1-3-6-16)21(14-18)25(24)27(29)32/h1-12,18,20-21,24-25H,13-15H2/t18-,20+,21+,24+,25+/m0/s1. The van der Waals surface area contributed by atoms with Gasteiger partial charge in [-0.25, -0.2) is 4.79 Å². The van der Waals surface area contributed by atoms with Gasteiger partial charge < -0.3 is 4.74 Å². The minimum Gasteiger partial charge on any atom is -0.454 e. The molecule has 35 heavy (non-hydrogen) atoms. The molecule has 7 heteroatoms. The molecular formula is C28H23NO5S. The molecule has 1 aromatic heterocycles. The van der Waals surface area contributed by atoms with Crippen LogP contribution in [0, 0.1) is 23.7 Å². The summed E-state index contributed by atoms with van der Waals surface area (Å²) in [6.45, 7) is -0.334. The van der Waals surface area contributed by atoms with Crippen LogP contribution in [0.4, 0.5) is 5.69 Å². The van der Waals surface area contributed by atoms with Crippen LogP contribution < -0.4 is 4.90 Å². The quantitative estimate of drug-likeness (QED) is 0.287. The Morgan fingerprint density at radius 2 is 1.63 bits per heavy atom. The van der Waals surface area contributed by atoms with Crippen molar-refractivity contribution in [1.82, 2.24) is 0 Å². The normalized spacial score (nSPS) is 26.7. The molecule has 3 aliphatic rings. The summed E-state index contributed by atoms with van der Waals surface area (Å²) in [7, 11) is 0. The van der Waals surface area contributed by atoms with Gasteiger partial charge >= 0.3 is 5.97 Å². The molecule has 0 spiro atoms. The number of Topliss-reactive ketones (excluding diaryl/α,β-unsaturated/α-hetero) is 1. The van der Waals surface area contributed by atoms with Crippen molar-refractivity contribution in [3.05, 3.63) is 88.1 Å². The number of hydrogen-bond donors (Lipinski definition) is 0. The van der Waals surface area contributed by atoms with Crippen LogP contribution in [0.25, 0.3) is 0 Å². The fourth-order valence-corrected chi connectivity index (χ4v) is 6.92. The van der Waals surface area contributed by atoms with E-state index in [1.165, 1.54) is 33.9 Å². The van der Waals surface area contributed by atoms with Crippen LogP contribution in [0.3, 0.4) is 0 Å². The lowest BCUT2D eigenvalue weighted by Gasteiger charge is -2.28. The summed E-state index contributed by atoms with van der Waals surface area (Å²) in [5.41, 5.74) is 1.98. The highest BCUT2D eigenvalue weighted by atomic mass is 32.1. The van der Waals surface area contributed by atoms with Gasteiger partial charge in [0, 0.05) is 0 Å². The van der Waals surface area contributed by atoms with Crippen molar-refractivity contribution in [2.45, 2.75) is 18.8 Å². The third-order valence-electron chi connectivity index (χ3n) is 7.73. The summed E-state index contributed by atoms with van der Waals surface area (Å²) in [6, 6.07) is 20.0. The van der Waals surface area contributed by atoms with E-state index >= 15 is 0 Å². The first-order valence-electron chi connectivity index (χ1n) is 11.8. The van der Waals surface area contributed by atoms with Crippen molar-refractivity contribution in [2.24, 2.45) is 23.7 Å². The Bertz CT molecular complexity index is 1300. The molecule has 0 N–H and O–H groups in total. The molecule has 5 atom stereocenters. The molecule has 3 aromatic rings. The molecule has 6 nitrogen and oxygen atoms in total. The number of carbonyl (C=O) groups excluding carboxylic acids is 4. The zero-order valence-electron chi connectivity index (χ0n) is 18.8. The smallest absolute Gasteiger partial charge is 0.338 e. The lowest BCUT2D eigenvalue weighted by molar-refractivity contribution is -0.123. The first-order chi connectivity index (χ1) is 17.0. The third-order valence-corrected chi connectivity index (χ3v) is 8.65. The molecule has 0 unspecified atom stereocenters. The van der Waals surface area contributed by atoms with Crippen molar-refractivity contribution >= 4 is 40.6 Å². The van der Waals surface area contributed by atoms with Crippen LogP contribution in [0.2, 0.25) is 0 Å². The maximum absolute atomic E-state index is 13.5. The molecule has 3 fully saturated rings. The molecule has 1 aliphatic heterocycles. The molecule has 2 saturated carbocycles. The lowest BCUT2D eigenvalue weighted by atomic mass is 9.73. The number of rotatable bonds is 6. The summed E-state index contributed by atoms with van der Waals surface area (Å²) in [5.74, 6) is -0.945. The number of ether oxygens (including phenoxy) is 1. The summed E-state index contributed by atoms with van der Waals surface area (Å²) >= 11 is 1.30. The van der Waals surface area contributed by atoms with E-state index in [-0.39, 0.29) is 53.4 Å². The molecule has 2 bridgehead atoms. The van der Waals surface area contributed by atoms with Crippen LogP contribution in [-0.4, -0.2) is 30.2 Å². The summed E-state index contributed by atoms with van der Waals surface area (Å²) in [4.78, 5) is 53.1. The van der Waals surface area contributed by atoms with Crippen molar-refractivity contribution in [2.75, 3.05) is 11.5 Å². The zero-order valence-corrected chi connectivity index (χ0v) is 19.6. The molecule has 6 rings (SSSR count). The second-order valence-corrected chi connectivity index (χ2v) is 10.4. The topological polar surface area (TPSA) is 80.8 Å². The summed E-state index contributed by atoms with van der Waals surface area (Å²) < 4.78 is 5.14. The Morgan fingerprint density at radius 3 is 2.34 bits per heavy atom. The number of anilines is 1. The maximum Gasteiger partial charge on any atom is 0.338 e. The largest absolute Gasteiger partial charge is 0.454 e. The maximum atomic E-state index is 13.5. The predicted octanol–water partition coefficient (Wildman–Crippen LogP) is 4.72. The fourth-order valence-electron chi connectivity index (χ4n) is 6.27. The van der Waals surface area contributed by atoms with Crippen molar-refractivity contribution in [1.29, 1.82) is 0 Å². The van der Waals surface area contributed by atoms with Crippen LogP contribution in [0.5, 0.6) is 0 Å². The molecule has 2 amide bonds. The Morgan fingerprint density at radius 1 is 0.886 bits per heavy atom. The molecule has 0 radical (unpaired) electrons. The second kappa shape index (κ2) is 8.57. The van der Waals surface area contributed by atoms with Gasteiger partial charge in [-0.1, -0.05) is 36.4 Å². The van der Waals surface area contributed by atoms with Gasteiger partial charge in [0.15, 0.2) is 6.61 Å². The van der Waals surface area contributed by atoms with Crippen molar-refractivity contribution in [3.8, 4) is 0 Å². The van der Waals surface area contributed by atoms with E-state index in [1.54, 1.807) is 29.6 Å². The van der Waals surface area contributed by atoms with E-state index in [9.17, 15) is 19.2 Å². The van der Waals surface area contributed by atoms with Crippen molar-refractivity contribution in [3.63, 3.8) is 0 Å². The molecule has 1 saturated heterocycles. The number of thiophene rings is 1. The molecule has 2 aliphatic carbocycles. The van der Waals surface area contributed by atoms with Gasteiger partial charge in [0.05, 0.1) is 28.0 Å². The van der Waals surface area contributed by atoms with E-state index in [2.05, 4.69) is 12.1 Å². The number of benzene rings is 2. The highest BCUT2D eigenvalue weighted by Crippen LogP contribution is 2.61. The number of fused-ring (bicyclic) bond motifs is 5. The summed E-state index contributed by atoms with van der Waals surface area (Å²) in [6.07, 6.45) is 1.87. The molecular weight excluding hydrogens is 462 g/mol. The predicted molar refractivity (Wildman–Crippen MR) is 130 cm³/mol. The highest BCUT2D eigenvalue weighted by Gasteiger charge is 2.64. The Kier molecular flexibility index (Phi) is 5.37. The molecule has 2 aromatic carbocycles. The van der Waals surface area contributed by atoms with Gasteiger partial charge in [-0.15, -0.1) is 11.3 Å². The van der Waals surface area contributed by atoms with Gasteiger partial charge in [-0.3, -0.25) is 19.3 Å². The fraction of sp³-hybridized carbons (Fsp3) is 0.286. The third kappa shape index (κ3) is 3.62. The average Bonchev–Trinajstić information content (AvgIpc) is 3.67. The lowest BCUT2D eigenvalue weighted by Crippen LogP contribution is -2.33. The number of esters is 1. The minimum absolute atomic E-state index is 0.129. The van der Waals surface area contributed by atoms with Gasteiger partial charge in [0.2, 0.25) is 17.6 Å². The van der Waals surface area contributed by atoms with E-state index in [4.69, 9.17) is 4.74 Å². The first kappa shape index (κ1) is 21.9. The minimum atomic E-state index is -0.624. The zero-order chi connectivity index (χ0) is 24.1. The van der Waals surface area contributed by atoms with Gasteiger partial charge in [-0.05, 0) is 71.9 Å². The second-order valence-electron chi connectivity index (χ2n) is 9.50. The number of hydrogen-bond acceptors (Lipinski definition) is 6. The van der Waals surface area contributed by atoms with E-state index in [0.717, 1.165) is 12.8 Å². The van der Waals surface area contributed by atoms with Crippen LogP contribution in [0.1, 0.15) is 44.4 Å². The van der Waals surface area contributed by atoms with Crippen LogP contribution in [0.15, 0.2) is 72.1 Å². The number of imide groups is 1. The van der Waals surface area contributed by atoms with Crippen LogP contribution >= 0.6 is 11.3 Å². The number of amides is 2. The van der Waals surface area contributed by atoms with E-state index < -0.39 is 5.97 Å².